The Bertz CT molecular complexity index is 79.0. The van der Waals surface area contributed by atoms with E-state index in [0.29, 0.717) is 0 Å². The molecular formula is C7H17NO. The van der Waals surface area contributed by atoms with Gasteiger partial charge in [0.1, 0.15) is 0 Å². The fraction of sp³-hybridized carbons (Fsp3) is 1.00. The van der Waals surface area contributed by atoms with Gasteiger partial charge < -0.3 is 10.5 Å². The molecule has 2 N–H and O–H groups in total. The van der Waals surface area contributed by atoms with Crippen molar-refractivity contribution in [3.63, 3.8) is 0 Å². The van der Waals surface area contributed by atoms with Crippen LogP contribution in [0.4, 0.5) is 0 Å². The summed E-state index contributed by atoms with van der Waals surface area (Å²) in [6.45, 7) is 6.92. The van der Waals surface area contributed by atoms with Crippen molar-refractivity contribution in [3.8, 4) is 0 Å². The summed E-state index contributed by atoms with van der Waals surface area (Å²) in [5.74, 6) is 0. The molecule has 0 bridgehead atoms. The van der Waals surface area contributed by atoms with E-state index in [-0.39, 0.29) is 11.5 Å². The lowest BCUT2D eigenvalue weighted by atomic mass is 9.87. The van der Waals surface area contributed by atoms with E-state index in [1.54, 1.807) is 7.11 Å². The van der Waals surface area contributed by atoms with Crippen molar-refractivity contribution >= 4 is 0 Å². The van der Waals surface area contributed by atoms with E-state index in [0.717, 1.165) is 6.61 Å². The molecular weight excluding hydrogens is 114 g/mol. The minimum atomic E-state index is 0.106. The summed E-state index contributed by atoms with van der Waals surface area (Å²) in [6.07, 6.45) is 0. The molecule has 0 spiro atoms. The van der Waals surface area contributed by atoms with Crippen LogP contribution in [0.15, 0.2) is 0 Å². The van der Waals surface area contributed by atoms with E-state index in [9.17, 15) is 0 Å². The van der Waals surface area contributed by atoms with Crippen molar-refractivity contribution in [1.29, 1.82) is 0 Å². The summed E-state index contributed by atoms with van der Waals surface area (Å²) in [7, 11) is 1.70. The maximum Gasteiger partial charge on any atom is 0.0528 e. The van der Waals surface area contributed by atoms with Crippen molar-refractivity contribution < 1.29 is 4.74 Å². The van der Waals surface area contributed by atoms with E-state index >= 15 is 0 Å². The molecule has 0 aliphatic heterocycles. The highest BCUT2D eigenvalue weighted by atomic mass is 16.5. The minimum Gasteiger partial charge on any atom is -0.384 e. The summed E-state index contributed by atoms with van der Waals surface area (Å²) in [5, 5.41) is 0. The lowest BCUT2D eigenvalue weighted by molar-refractivity contribution is 0.0898. The molecule has 0 aliphatic carbocycles. The van der Waals surface area contributed by atoms with Gasteiger partial charge in [-0.25, -0.2) is 0 Å². The van der Waals surface area contributed by atoms with Crippen molar-refractivity contribution in [3.05, 3.63) is 0 Å². The van der Waals surface area contributed by atoms with E-state index < -0.39 is 0 Å². The minimum absolute atomic E-state index is 0.106. The van der Waals surface area contributed by atoms with Crippen LogP contribution in [0.1, 0.15) is 20.8 Å². The molecule has 0 saturated heterocycles. The SMILES string of the molecule is COCC(C)(C)[C@@H](C)N. The Kier molecular flexibility index (Phi) is 3.15. The van der Waals surface area contributed by atoms with Gasteiger partial charge in [-0.1, -0.05) is 13.8 Å². The third kappa shape index (κ3) is 2.82. The van der Waals surface area contributed by atoms with Gasteiger partial charge in [-0.2, -0.15) is 0 Å². The molecule has 0 radical (unpaired) electrons. The van der Waals surface area contributed by atoms with Crippen LogP contribution in [-0.4, -0.2) is 19.8 Å². The molecule has 0 amide bonds. The fourth-order valence-corrected chi connectivity index (χ4v) is 0.503. The molecule has 56 valence electrons. The average molecular weight is 131 g/mol. The topological polar surface area (TPSA) is 35.2 Å². The Balaban J connectivity index is 3.70. The van der Waals surface area contributed by atoms with Gasteiger partial charge in [0.15, 0.2) is 0 Å². The van der Waals surface area contributed by atoms with Gasteiger partial charge in [0.2, 0.25) is 0 Å². The first-order valence-corrected chi connectivity index (χ1v) is 3.25. The van der Waals surface area contributed by atoms with Crippen molar-refractivity contribution in [2.45, 2.75) is 26.8 Å². The first-order chi connectivity index (χ1) is 4.00. The summed E-state index contributed by atoms with van der Waals surface area (Å²) in [5.41, 5.74) is 5.78. The standard InChI is InChI=1S/C7H17NO/c1-6(8)7(2,3)5-9-4/h6H,5,8H2,1-4H3/t6-/m1/s1. The fourth-order valence-electron chi connectivity index (χ4n) is 0.503. The Morgan fingerprint density at radius 1 is 1.56 bits per heavy atom. The molecule has 0 heterocycles. The van der Waals surface area contributed by atoms with Crippen LogP contribution >= 0.6 is 0 Å². The smallest absolute Gasteiger partial charge is 0.0528 e. The zero-order valence-corrected chi connectivity index (χ0v) is 6.77. The third-order valence-electron chi connectivity index (χ3n) is 1.75. The van der Waals surface area contributed by atoms with Crippen molar-refractivity contribution in [2.24, 2.45) is 11.1 Å². The summed E-state index contributed by atoms with van der Waals surface area (Å²) in [6, 6.07) is 0.192. The number of hydrogen-bond acceptors (Lipinski definition) is 2. The van der Waals surface area contributed by atoms with Crippen LogP contribution in [-0.2, 0) is 4.74 Å². The monoisotopic (exact) mass is 131 g/mol. The first-order valence-electron chi connectivity index (χ1n) is 3.25. The molecule has 0 aromatic carbocycles. The van der Waals surface area contributed by atoms with Crippen molar-refractivity contribution in [1.82, 2.24) is 0 Å². The van der Waals surface area contributed by atoms with Gasteiger partial charge in [-0.15, -0.1) is 0 Å². The average Bonchev–Trinajstić information content (AvgIpc) is 1.65. The second-order valence-corrected chi connectivity index (χ2v) is 3.21. The van der Waals surface area contributed by atoms with E-state index in [2.05, 4.69) is 13.8 Å². The highest BCUT2D eigenvalue weighted by Crippen LogP contribution is 2.18. The van der Waals surface area contributed by atoms with Crippen LogP contribution < -0.4 is 5.73 Å². The molecule has 0 saturated carbocycles. The van der Waals surface area contributed by atoms with Crippen LogP contribution in [0, 0.1) is 5.41 Å². The lowest BCUT2D eigenvalue weighted by Crippen LogP contribution is -2.37. The number of nitrogens with two attached hydrogens (primary N) is 1. The maximum absolute atomic E-state index is 5.68. The summed E-state index contributed by atoms with van der Waals surface area (Å²) < 4.78 is 4.99. The largest absolute Gasteiger partial charge is 0.384 e. The van der Waals surface area contributed by atoms with E-state index in [1.807, 2.05) is 6.92 Å². The molecule has 0 aromatic rings. The quantitative estimate of drug-likeness (QED) is 0.620. The number of hydrogen-bond donors (Lipinski definition) is 1. The van der Waals surface area contributed by atoms with Crippen LogP contribution in [0.2, 0.25) is 0 Å². The van der Waals surface area contributed by atoms with Gasteiger partial charge >= 0.3 is 0 Å². The molecule has 1 atom stereocenters. The first kappa shape index (κ1) is 8.92. The summed E-state index contributed by atoms with van der Waals surface area (Å²) >= 11 is 0. The number of ether oxygens (including phenoxy) is 1. The zero-order valence-electron chi connectivity index (χ0n) is 6.77. The van der Waals surface area contributed by atoms with E-state index in [4.69, 9.17) is 10.5 Å². The van der Waals surface area contributed by atoms with Gasteiger partial charge in [0, 0.05) is 18.6 Å². The Morgan fingerprint density at radius 2 is 2.00 bits per heavy atom. The Morgan fingerprint density at radius 3 is 2.11 bits per heavy atom. The molecule has 9 heavy (non-hydrogen) atoms. The maximum atomic E-state index is 5.68. The molecule has 0 aromatic heterocycles. The molecule has 0 unspecified atom stereocenters. The lowest BCUT2D eigenvalue weighted by Gasteiger charge is -2.27. The molecule has 2 heteroatoms. The second-order valence-electron chi connectivity index (χ2n) is 3.21. The normalized spacial score (nSPS) is 15.7. The van der Waals surface area contributed by atoms with Crippen molar-refractivity contribution in [2.75, 3.05) is 13.7 Å². The molecule has 0 aliphatic rings. The highest BCUT2D eigenvalue weighted by Gasteiger charge is 2.21. The third-order valence-corrected chi connectivity index (χ3v) is 1.75. The predicted molar refractivity (Wildman–Crippen MR) is 39.3 cm³/mol. The van der Waals surface area contributed by atoms with E-state index in [1.165, 1.54) is 0 Å². The van der Waals surface area contributed by atoms with Crippen LogP contribution in [0.3, 0.4) is 0 Å². The second kappa shape index (κ2) is 3.18. The Hall–Kier alpha value is -0.0800. The Labute approximate surface area is 57.4 Å². The van der Waals surface area contributed by atoms with Gasteiger partial charge in [0.25, 0.3) is 0 Å². The van der Waals surface area contributed by atoms with Gasteiger partial charge in [-0.3, -0.25) is 0 Å². The van der Waals surface area contributed by atoms with Crippen LogP contribution in [0.25, 0.3) is 0 Å². The highest BCUT2D eigenvalue weighted by molar-refractivity contribution is 4.76. The number of rotatable bonds is 3. The zero-order chi connectivity index (χ0) is 7.49. The molecule has 0 rings (SSSR count). The molecule has 0 fully saturated rings. The van der Waals surface area contributed by atoms with Crippen LogP contribution in [0.5, 0.6) is 0 Å². The molecule has 2 nitrogen and oxygen atoms in total. The van der Waals surface area contributed by atoms with Gasteiger partial charge in [0.05, 0.1) is 6.61 Å². The summed E-state index contributed by atoms with van der Waals surface area (Å²) in [4.78, 5) is 0. The number of methoxy groups -OCH3 is 1. The predicted octanol–water partition coefficient (Wildman–Crippen LogP) is 1.01. The van der Waals surface area contributed by atoms with Gasteiger partial charge in [-0.05, 0) is 6.92 Å².